The van der Waals surface area contributed by atoms with Gasteiger partial charge in [-0.15, -0.1) is 24.0 Å². The van der Waals surface area contributed by atoms with Crippen LogP contribution in [0.25, 0.3) is 0 Å². The van der Waals surface area contributed by atoms with Crippen LogP contribution in [-0.2, 0) is 23.4 Å². The van der Waals surface area contributed by atoms with E-state index in [0.29, 0.717) is 18.9 Å². The second-order valence-corrected chi connectivity index (χ2v) is 8.05. The summed E-state index contributed by atoms with van der Waals surface area (Å²) < 4.78 is 30.6. The van der Waals surface area contributed by atoms with E-state index in [4.69, 9.17) is 4.74 Å². The summed E-state index contributed by atoms with van der Waals surface area (Å²) in [6, 6.07) is 10.5. The van der Waals surface area contributed by atoms with Gasteiger partial charge in [0.1, 0.15) is 12.4 Å². The smallest absolute Gasteiger partial charge is 0.193 e. The molecule has 0 amide bonds. The number of ether oxygens (including phenoxy) is 1. The van der Waals surface area contributed by atoms with Crippen LogP contribution in [0.5, 0.6) is 5.75 Å². The number of nitrogens with zero attached hydrogens (tertiary/aromatic N) is 3. The Balaban J connectivity index is 0.00000364. The van der Waals surface area contributed by atoms with Gasteiger partial charge in [0.25, 0.3) is 0 Å². The zero-order valence-corrected chi connectivity index (χ0v) is 19.2. The molecule has 2 aromatic rings. The van der Waals surface area contributed by atoms with Crippen LogP contribution >= 0.6 is 24.0 Å². The lowest BCUT2D eigenvalue weighted by Crippen LogP contribution is -2.40. The fourth-order valence-electron chi connectivity index (χ4n) is 2.48. The van der Waals surface area contributed by atoms with E-state index in [1.807, 2.05) is 31.3 Å². The number of aromatic nitrogens is 1. The molecule has 1 N–H and O–H groups in total. The SMILES string of the molecule is CN=C(NCCOc1ccc(S(C)(=O)=O)cc1)N(C)Cc1cccn1C.I. The van der Waals surface area contributed by atoms with Crippen molar-refractivity contribution < 1.29 is 13.2 Å². The zero-order chi connectivity index (χ0) is 19.2. The van der Waals surface area contributed by atoms with Crippen LogP contribution in [0.3, 0.4) is 0 Å². The Morgan fingerprint density at radius 1 is 1.26 bits per heavy atom. The number of hydrogen-bond donors (Lipinski definition) is 1. The lowest BCUT2D eigenvalue weighted by molar-refractivity contribution is 0.318. The molecule has 0 atom stereocenters. The van der Waals surface area contributed by atoms with Crippen molar-refractivity contribution in [1.82, 2.24) is 14.8 Å². The molecule has 150 valence electrons. The molecule has 27 heavy (non-hydrogen) atoms. The third-order valence-corrected chi connectivity index (χ3v) is 5.06. The molecular weight excluding hydrogens is 479 g/mol. The van der Waals surface area contributed by atoms with Crippen molar-refractivity contribution in [3.63, 3.8) is 0 Å². The highest BCUT2D eigenvalue weighted by molar-refractivity contribution is 14.0. The van der Waals surface area contributed by atoms with E-state index in [1.165, 1.54) is 11.9 Å². The maximum absolute atomic E-state index is 11.4. The molecule has 0 spiro atoms. The van der Waals surface area contributed by atoms with Gasteiger partial charge in [-0.1, -0.05) is 0 Å². The van der Waals surface area contributed by atoms with E-state index in [9.17, 15) is 8.42 Å². The van der Waals surface area contributed by atoms with Crippen molar-refractivity contribution in [2.45, 2.75) is 11.4 Å². The minimum absolute atomic E-state index is 0. The number of hydrogen-bond acceptors (Lipinski definition) is 4. The van der Waals surface area contributed by atoms with Crippen molar-refractivity contribution in [2.75, 3.05) is 33.5 Å². The van der Waals surface area contributed by atoms with Gasteiger partial charge in [-0.3, -0.25) is 4.99 Å². The van der Waals surface area contributed by atoms with Gasteiger partial charge in [-0.25, -0.2) is 8.42 Å². The van der Waals surface area contributed by atoms with Crippen LogP contribution in [0, 0.1) is 0 Å². The first kappa shape index (κ1) is 23.3. The summed E-state index contributed by atoms with van der Waals surface area (Å²) in [4.78, 5) is 6.60. The monoisotopic (exact) mass is 506 g/mol. The van der Waals surface area contributed by atoms with Gasteiger partial charge >= 0.3 is 0 Å². The number of benzene rings is 1. The van der Waals surface area contributed by atoms with E-state index in [2.05, 4.69) is 20.9 Å². The molecule has 7 nitrogen and oxygen atoms in total. The lowest BCUT2D eigenvalue weighted by Gasteiger charge is -2.22. The number of halogens is 1. The van der Waals surface area contributed by atoms with Crippen molar-refractivity contribution in [3.05, 3.63) is 48.3 Å². The number of aryl methyl sites for hydroxylation is 1. The van der Waals surface area contributed by atoms with Crippen LogP contribution in [-0.4, -0.2) is 57.3 Å². The van der Waals surface area contributed by atoms with E-state index < -0.39 is 9.84 Å². The van der Waals surface area contributed by atoms with Crippen LogP contribution in [0.4, 0.5) is 0 Å². The van der Waals surface area contributed by atoms with Gasteiger partial charge in [0.15, 0.2) is 15.8 Å². The third-order valence-electron chi connectivity index (χ3n) is 3.93. The highest BCUT2D eigenvalue weighted by Gasteiger charge is 2.09. The molecule has 1 heterocycles. The molecular formula is C18H27IN4O3S. The molecule has 0 unspecified atom stereocenters. The molecule has 0 saturated carbocycles. The summed E-state index contributed by atoms with van der Waals surface area (Å²) >= 11 is 0. The largest absolute Gasteiger partial charge is 0.492 e. The molecule has 1 aromatic heterocycles. The average Bonchev–Trinajstić information content (AvgIpc) is 2.99. The summed E-state index contributed by atoms with van der Waals surface area (Å²) in [6.07, 6.45) is 3.20. The van der Waals surface area contributed by atoms with Crippen LogP contribution in [0.1, 0.15) is 5.69 Å². The van der Waals surface area contributed by atoms with Crippen LogP contribution in [0.15, 0.2) is 52.5 Å². The van der Waals surface area contributed by atoms with Gasteiger partial charge in [0.05, 0.1) is 18.0 Å². The Labute approximate surface area is 178 Å². The fourth-order valence-corrected chi connectivity index (χ4v) is 3.11. The average molecular weight is 506 g/mol. The summed E-state index contributed by atoms with van der Waals surface area (Å²) in [7, 11) is 2.56. The van der Waals surface area contributed by atoms with Crippen LogP contribution < -0.4 is 10.1 Å². The molecule has 0 fully saturated rings. The van der Waals surface area contributed by atoms with E-state index in [-0.39, 0.29) is 28.9 Å². The number of rotatable bonds is 7. The summed E-state index contributed by atoms with van der Waals surface area (Å²) in [6.45, 7) is 1.77. The summed E-state index contributed by atoms with van der Waals surface area (Å²) in [5.41, 5.74) is 1.19. The maximum Gasteiger partial charge on any atom is 0.193 e. The minimum atomic E-state index is -3.18. The first-order chi connectivity index (χ1) is 12.3. The molecule has 0 aliphatic rings. The number of nitrogens with one attached hydrogen (secondary N) is 1. The van der Waals surface area contributed by atoms with Gasteiger partial charge in [0, 0.05) is 39.3 Å². The first-order valence-electron chi connectivity index (χ1n) is 8.26. The number of sulfone groups is 1. The van der Waals surface area contributed by atoms with Gasteiger partial charge in [-0.05, 0) is 36.4 Å². The second kappa shape index (κ2) is 10.5. The molecule has 2 rings (SSSR count). The Morgan fingerprint density at radius 2 is 1.93 bits per heavy atom. The van der Waals surface area contributed by atoms with Gasteiger partial charge < -0.3 is 19.5 Å². The molecule has 0 radical (unpaired) electrons. The van der Waals surface area contributed by atoms with E-state index in [1.54, 1.807) is 31.3 Å². The third kappa shape index (κ3) is 7.06. The topological polar surface area (TPSA) is 75.9 Å². The molecule has 0 bridgehead atoms. The summed E-state index contributed by atoms with van der Waals surface area (Å²) in [5, 5.41) is 3.25. The lowest BCUT2D eigenvalue weighted by atomic mass is 10.3. The van der Waals surface area contributed by atoms with Crippen LogP contribution in [0.2, 0.25) is 0 Å². The minimum Gasteiger partial charge on any atom is -0.492 e. The Bertz CT molecular complexity index is 848. The molecule has 0 saturated heterocycles. The maximum atomic E-state index is 11.4. The fraction of sp³-hybridized carbons (Fsp3) is 0.389. The quantitative estimate of drug-likeness (QED) is 0.270. The van der Waals surface area contributed by atoms with Crippen molar-refractivity contribution in [3.8, 4) is 5.75 Å². The first-order valence-corrected chi connectivity index (χ1v) is 10.2. The summed E-state index contributed by atoms with van der Waals surface area (Å²) in [5.74, 6) is 1.41. The van der Waals surface area contributed by atoms with Gasteiger partial charge in [-0.2, -0.15) is 0 Å². The molecule has 9 heteroatoms. The van der Waals surface area contributed by atoms with E-state index >= 15 is 0 Å². The predicted molar refractivity (Wildman–Crippen MR) is 119 cm³/mol. The second-order valence-electron chi connectivity index (χ2n) is 6.03. The Morgan fingerprint density at radius 3 is 2.44 bits per heavy atom. The van der Waals surface area contributed by atoms with Crippen molar-refractivity contribution in [2.24, 2.45) is 12.0 Å². The predicted octanol–water partition coefficient (Wildman–Crippen LogP) is 2.13. The van der Waals surface area contributed by atoms with Crippen molar-refractivity contribution >= 4 is 39.8 Å². The zero-order valence-electron chi connectivity index (χ0n) is 16.0. The van der Waals surface area contributed by atoms with E-state index in [0.717, 1.165) is 12.5 Å². The molecule has 0 aliphatic heterocycles. The number of aliphatic imine (C=N–C) groups is 1. The standard InChI is InChI=1S/C18H26N4O3S.HI/c1-19-18(22(3)14-15-6-5-12-21(15)2)20-11-13-25-16-7-9-17(10-8-16)26(4,23)24;/h5-10,12H,11,13-14H2,1-4H3,(H,19,20);1H. The highest BCUT2D eigenvalue weighted by atomic mass is 127. The van der Waals surface area contributed by atoms with Gasteiger partial charge in [0.2, 0.25) is 0 Å². The highest BCUT2D eigenvalue weighted by Crippen LogP contribution is 2.15. The molecule has 0 aliphatic carbocycles. The Kier molecular flexibility index (Phi) is 9.10. The Hall–Kier alpha value is -1.75. The molecule has 1 aromatic carbocycles. The normalized spacial score (nSPS) is 11.6. The van der Waals surface area contributed by atoms with Crippen molar-refractivity contribution in [1.29, 1.82) is 0 Å². The number of guanidine groups is 1.